The zero-order valence-corrected chi connectivity index (χ0v) is 17.2. The minimum Gasteiger partial charge on any atom is -0.505 e. The van der Waals surface area contributed by atoms with Crippen LogP contribution in [0.5, 0.6) is 5.75 Å². The Bertz CT molecular complexity index is 1570. The summed E-state index contributed by atoms with van der Waals surface area (Å²) in [6.45, 7) is 0. The number of benzene rings is 2. The number of phenolic OH excluding ortho intramolecular Hbond substituents is 1. The van der Waals surface area contributed by atoms with Crippen molar-refractivity contribution >= 4 is 34.1 Å². The third-order valence-electron chi connectivity index (χ3n) is 4.73. The molecule has 0 aliphatic carbocycles. The molecule has 0 atom stereocenters. The number of aromatic hydroxyl groups is 1. The lowest BCUT2D eigenvalue weighted by Gasteiger charge is -2.10. The molecule has 1 amide bonds. The minimum atomic E-state index is -0.622. The van der Waals surface area contributed by atoms with Crippen molar-refractivity contribution in [1.82, 2.24) is 34.9 Å². The first-order valence-corrected chi connectivity index (χ1v) is 9.74. The number of nitrogens with zero attached hydrogens (tertiary/aromatic N) is 9. The monoisotopic (exact) mass is 451 g/mol. The van der Waals surface area contributed by atoms with E-state index in [9.17, 15) is 15.2 Å². The van der Waals surface area contributed by atoms with Gasteiger partial charge in [-0.25, -0.2) is 15.1 Å². The number of H-pyrrole nitrogens is 1. The molecule has 2 aromatic carbocycles. The Labute approximate surface area is 190 Å². The molecular formula is C21H13N11O2. The summed E-state index contributed by atoms with van der Waals surface area (Å²) in [6.07, 6.45) is 5.59. The first-order valence-electron chi connectivity index (χ1n) is 9.74. The fourth-order valence-electron chi connectivity index (χ4n) is 3.23. The van der Waals surface area contributed by atoms with E-state index in [0.717, 1.165) is 0 Å². The average Bonchev–Trinajstić information content (AvgIpc) is 3.52. The number of nitrogens with one attached hydrogen (secondary N) is 2. The summed E-state index contributed by atoms with van der Waals surface area (Å²) >= 11 is 0. The Morgan fingerprint density at radius 1 is 1.15 bits per heavy atom. The van der Waals surface area contributed by atoms with Crippen LogP contribution in [0.4, 0.5) is 17.5 Å². The summed E-state index contributed by atoms with van der Waals surface area (Å²) in [5, 5.41) is 42.7. The number of hydrogen-bond acceptors (Lipinski definition) is 10. The molecule has 0 fully saturated rings. The average molecular weight is 451 g/mol. The first kappa shape index (κ1) is 20.4. The van der Waals surface area contributed by atoms with Gasteiger partial charge in [-0.05, 0) is 22.9 Å². The summed E-state index contributed by atoms with van der Waals surface area (Å²) in [4.78, 5) is 25.0. The van der Waals surface area contributed by atoms with E-state index in [1.165, 1.54) is 29.6 Å². The van der Waals surface area contributed by atoms with Gasteiger partial charge < -0.3 is 5.11 Å². The lowest BCUT2D eigenvalue weighted by Crippen LogP contribution is -2.14. The summed E-state index contributed by atoms with van der Waals surface area (Å²) in [5.74, 6) is -0.657. The fourth-order valence-corrected chi connectivity index (χ4v) is 3.23. The third-order valence-corrected chi connectivity index (χ3v) is 4.73. The molecule has 13 heteroatoms. The van der Waals surface area contributed by atoms with E-state index in [1.807, 2.05) is 6.07 Å². The summed E-state index contributed by atoms with van der Waals surface area (Å²) in [6, 6.07) is 12.2. The molecule has 0 aliphatic rings. The predicted octanol–water partition coefficient (Wildman–Crippen LogP) is 3.18. The van der Waals surface area contributed by atoms with Gasteiger partial charge in [-0.2, -0.15) is 25.1 Å². The quantitative estimate of drug-likeness (QED) is 0.340. The summed E-state index contributed by atoms with van der Waals surface area (Å²) in [7, 11) is 0. The van der Waals surface area contributed by atoms with E-state index < -0.39 is 11.7 Å². The van der Waals surface area contributed by atoms with Crippen molar-refractivity contribution in [3.05, 3.63) is 72.4 Å². The maximum absolute atomic E-state index is 13.0. The molecule has 0 saturated carbocycles. The van der Waals surface area contributed by atoms with Crippen LogP contribution in [0, 0.1) is 11.3 Å². The number of anilines is 1. The first-order chi connectivity index (χ1) is 16.7. The Kier molecular flexibility index (Phi) is 5.13. The zero-order chi connectivity index (χ0) is 23.5. The van der Waals surface area contributed by atoms with Gasteiger partial charge in [0, 0.05) is 12.4 Å². The Hall–Kier alpha value is -5.51. The van der Waals surface area contributed by atoms with Crippen LogP contribution in [0.1, 0.15) is 15.9 Å². The molecule has 0 bridgehead atoms. The van der Waals surface area contributed by atoms with Gasteiger partial charge in [0.2, 0.25) is 5.95 Å². The molecule has 34 heavy (non-hydrogen) atoms. The maximum atomic E-state index is 13.0. The number of phenols is 1. The highest BCUT2D eigenvalue weighted by Crippen LogP contribution is 2.38. The minimum absolute atomic E-state index is 0.00652. The second-order valence-electron chi connectivity index (χ2n) is 6.78. The second-order valence-corrected chi connectivity index (χ2v) is 6.78. The van der Waals surface area contributed by atoms with Crippen LogP contribution in [0.15, 0.2) is 71.5 Å². The van der Waals surface area contributed by atoms with E-state index in [2.05, 4.69) is 45.8 Å². The number of aromatic nitrogens is 7. The SMILES string of the molecule is N#Cc1cnn(-c2ncccn2)c1N=Nc1cc2ccccc2c(C(=O)Nc2ncn[nH]2)c1O. The molecule has 164 valence electrons. The third kappa shape index (κ3) is 3.67. The largest absolute Gasteiger partial charge is 0.505 e. The topological polar surface area (TPSA) is 183 Å². The van der Waals surface area contributed by atoms with Crippen molar-refractivity contribution in [2.75, 3.05) is 5.32 Å². The molecule has 13 nitrogen and oxygen atoms in total. The van der Waals surface area contributed by atoms with E-state index in [0.29, 0.717) is 10.8 Å². The number of carbonyl (C=O) groups excluding carboxylic acids is 1. The van der Waals surface area contributed by atoms with Gasteiger partial charge in [-0.15, -0.1) is 10.2 Å². The lowest BCUT2D eigenvalue weighted by atomic mass is 10.0. The predicted molar refractivity (Wildman–Crippen MR) is 118 cm³/mol. The highest BCUT2D eigenvalue weighted by Gasteiger charge is 2.21. The summed E-state index contributed by atoms with van der Waals surface area (Å²) in [5.41, 5.74) is 0.107. The molecule has 0 saturated heterocycles. The van der Waals surface area contributed by atoms with Crippen LogP contribution in [-0.2, 0) is 0 Å². The van der Waals surface area contributed by atoms with E-state index in [4.69, 9.17) is 0 Å². The Morgan fingerprint density at radius 3 is 2.74 bits per heavy atom. The van der Waals surface area contributed by atoms with Crippen LogP contribution in [-0.4, -0.2) is 45.9 Å². The van der Waals surface area contributed by atoms with Crippen molar-refractivity contribution < 1.29 is 9.90 Å². The number of aromatic amines is 1. The zero-order valence-electron chi connectivity index (χ0n) is 17.2. The Morgan fingerprint density at radius 2 is 1.97 bits per heavy atom. The number of amides is 1. The van der Waals surface area contributed by atoms with Crippen LogP contribution in [0.25, 0.3) is 16.7 Å². The van der Waals surface area contributed by atoms with E-state index >= 15 is 0 Å². The van der Waals surface area contributed by atoms with Crippen molar-refractivity contribution in [1.29, 1.82) is 5.26 Å². The van der Waals surface area contributed by atoms with Crippen molar-refractivity contribution in [3.63, 3.8) is 0 Å². The molecule has 3 heterocycles. The molecular weight excluding hydrogens is 438 g/mol. The van der Waals surface area contributed by atoms with Crippen molar-refractivity contribution in [3.8, 4) is 17.8 Å². The lowest BCUT2D eigenvalue weighted by molar-refractivity contribution is 0.102. The fraction of sp³-hybridized carbons (Fsp3) is 0. The van der Waals surface area contributed by atoms with Crippen LogP contribution in [0.3, 0.4) is 0 Å². The molecule has 0 radical (unpaired) electrons. The number of hydrogen-bond donors (Lipinski definition) is 3. The number of nitriles is 1. The van der Waals surface area contributed by atoms with Gasteiger partial charge in [0.05, 0.1) is 11.8 Å². The van der Waals surface area contributed by atoms with Crippen molar-refractivity contribution in [2.24, 2.45) is 10.2 Å². The van der Waals surface area contributed by atoms with E-state index in [-0.39, 0.29) is 34.5 Å². The van der Waals surface area contributed by atoms with Gasteiger partial charge in [-0.1, -0.05) is 24.3 Å². The maximum Gasteiger partial charge on any atom is 0.262 e. The summed E-state index contributed by atoms with van der Waals surface area (Å²) < 4.78 is 1.25. The second kappa shape index (κ2) is 8.55. The number of fused-ring (bicyclic) bond motifs is 1. The van der Waals surface area contributed by atoms with Gasteiger partial charge in [0.25, 0.3) is 11.9 Å². The Balaban J connectivity index is 1.61. The molecule has 5 rings (SSSR count). The van der Waals surface area contributed by atoms with Gasteiger partial charge in [-0.3, -0.25) is 10.1 Å². The van der Waals surface area contributed by atoms with Gasteiger partial charge in [0.15, 0.2) is 11.6 Å². The van der Waals surface area contributed by atoms with Crippen LogP contribution < -0.4 is 5.32 Å². The van der Waals surface area contributed by atoms with Crippen LogP contribution in [0.2, 0.25) is 0 Å². The van der Waals surface area contributed by atoms with E-state index in [1.54, 1.807) is 36.4 Å². The smallest absolute Gasteiger partial charge is 0.262 e. The molecule has 0 spiro atoms. The number of rotatable bonds is 5. The molecule has 0 aliphatic heterocycles. The molecule has 5 aromatic rings. The molecule has 3 aromatic heterocycles. The highest BCUT2D eigenvalue weighted by atomic mass is 16.3. The highest BCUT2D eigenvalue weighted by molar-refractivity contribution is 6.15. The molecule has 0 unspecified atom stereocenters. The normalized spacial score (nSPS) is 11.0. The van der Waals surface area contributed by atoms with Gasteiger partial charge >= 0.3 is 0 Å². The number of azo groups is 1. The van der Waals surface area contributed by atoms with Crippen LogP contribution >= 0.6 is 0 Å². The van der Waals surface area contributed by atoms with Crippen molar-refractivity contribution in [2.45, 2.75) is 0 Å². The molecule has 3 N–H and O–H groups in total. The van der Waals surface area contributed by atoms with Gasteiger partial charge in [0.1, 0.15) is 23.6 Å². The number of carbonyl (C=O) groups is 1. The standard InChI is InChI=1S/C21H13N11O2/c22-9-13-10-27-32(21-23-6-3-7-24-21)18(13)30-29-15-8-12-4-1-2-5-14(12)16(17(15)33)19(34)28-20-25-11-26-31-20/h1-8,10-11,33H,(H2,25,26,28,31,34).